The maximum Gasteiger partial charge on any atom is 0.0300 e. The van der Waals surface area contributed by atoms with Gasteiger partial charge in [0.15, 0.2) is 0 Å². The number of rotatable bonds is 12. The molecule has 0 N–H and O–H groups in total. The van der Waals surface area contributed by atoms with E-state index in [0.29, 0.717) is 59.3 Å². The first-order valence-corrected chi connectivity index (χ1v) is 18.9. The van der Waals surface area contributed by atoms with Crippen LogP contribution in [0, 0.1) is 33.0 Å². The van der Waals surface area contributed by atoms with Gasteiger partial charge in [-0.3, -0.25) is 0 Å². The Bertz CT molecular complexity index is 2340. The van der Waals surface area contributed by atoms with Gasteiger partial charge in [0.2, 0.25) is 0 Å². The summed E-state index contributed by atoms with van der Waals surface area (Å²) in [5.74, 6) is -2.94. The fourth-order valence-electron chi connectivity index (χ4n) is 6.74. The van der Waals surface area contributed by atoms with Gasteiger partial charge in [-0.15, -0.1) is 0 Å². The van der Waals surface area contributed by atoms with Crippen molar-refractivity contribution in [2.24, 2.45) is 33.0 Å². The van der Waals surface area contributed by atoms with Crippen molar-refractivity contribution in [2.75, 3.05) is 0 Å². The largest absolute Gasteiger partial charge is 0.0654 e. The van der Waals surface area contributed by atoms with Gasteiger partial charge < -0.3 is 0 Å². The summed E-state index contributed by atoms with van der Waals surface area (Å²) in [5, 5.41) is 0. The average Bonchev–Trinajstić information content (AvgIpc) is 1.61. The molecule has 5 saturated carbocycles. The van der Waals surface area contributed by atoms with Gasteiger partial charge in [-0.05, 0) is 110 Å². The van der Waals surface area contributed by atoms with E-state index in [9.17, 15) is 0 Å². The van der Waals surface area contributed by atoms with Crippen LogP contribution in [0.4, 0.5) is 0 Å². The van der Waals surface area contributed by atoms with Crippen molar-refractivity contribution in [1.29, 1.82) is 0 Å². The maximum absolute atomic E-state index is 8.22. The van der Waals surface area contributed by atoms with E-state index in [-0.39, 0.29) is 1.43 Å². The molecule has 5 aliphatic rings. The highest BCUT2D eigenvalue weighted by Crippen LogP contribution is 2.46. The number of hydrogen-bond donors (Lipinski definition) is 0. The van der Waals surface area contributed by atoms with Gasteiger partial charge in [0.1, 0.15) is 0 Å². The van der Waals surface area contributed by atoms with Crippen LogP contribution in [-0.2, 0) is 0 Å². The third-order valence-corrected chi connectivity index (χ3v) is 10.5. The van der Waals surface area contributed by atoms with Crippen molar-refractivity contribution in [3.05, 3.63) is 0 Å². The standard InChI is InChI=1S/2C11H22.2C10H20.C9H18.H2/c1-4-11(5-2)8-6-10(3)7-9-11;1-3-8-11(4-2)9-6-5-7-10-11;1-3-10(4-2)8-6-5-7-9-10;1-3-7-10(4-2)8-5-6-9-10;1-3-9(4-2)7-5-6-8-9;/h10H,4-9H2,1-3H3;3-10H2,1-2H3;2*3-9H2,1-2H3;3-8H2,1-2H3;1H/i4D2,5D2,6D2,7D2,8D2,9D2,10D;3D2,4D2,8D2;3D2,4D2;3D2,4D2,7D2;3D2,4D2,5D2,6D2,7D2,8D2;1+1. The average molecular weight is 760 g/mol. The molecule has 5 rings (SSSR count). The van der Waals surface area contributed by atoms with Crippen LogP contribution < -0.4 is 0 Å². The quantitative estimate of drug-likeness (QED) is 0.186. The molecule has 0 bridgehead atoms. The van der Waals surface area contributed by atoms with Crippen LogP contribution in [0.15, 0.2) is 0 Å². The first-order valence-electron chi connectivity index (χ1n) is 39.4. The van der Waals surface area contributed by atoms with E-state index in [1.165, 1.54) is 41.5 Å². The van der Waals surface area contributed by atoms with Gasteiger partial charge in [-0.2, -0.15) is 0 Å². The molecule has 5 aliphatic carbocycles. The fraction of sp³-hybridized carbons (Fsp3) is 1.00. The Balaban J connectivity index is 0.00000115. The molecule has 308 valence electrons. The Morgan fingerprint density at radius 3 is 0.961 bits per heavy atom. The van der Waals surface area contributed by atoms with Crippen LogP contribution in [0.2, 0.25) is 0 Å². The van der Waals surface area contributed by atoms with E-state index in [2.05, 4.69) is 0 Å². The van der Waals surface area contributed by atoms with Gasteiger partial charge >= 0.3 is 0 Å². The lowest BCUT2D eigenvalue weighted by Gasteiger charge is -2.38. The number of hydrogen-bond acceptors (Lipinski definition) is 0. The Hall–Kier alpha value is 0. The van der Waals surface area contributed by atoms with Gasteiger partial charge in [0.05, 0.1) is 0 Å². The van der Waals surface area contributed by atoms with Gasteiger partial charge in [-0.1, -0.05) is 217 Å². The Morgan fingerprint density at radius 2 is 0.706 bits per heavy atom. The zero-order chi connectivity index (χ0) is 74.9. The molecule has 0 amide bonds. The van der Waals surface area contributed by atoms with Crippen molar-refractivity contribution < 1.29 is 57.6 Å². The molecular weight excluding hydrogens is 613 g/mol. The minimum Gasteiger partial charge on any atom is -0.0654 e. The summed E-state index contributed by atoms with van der Waals surface area (Å²) in [6.07, 6.45) is -43.7. The first-order chi connectivity index (χ1) is 39.4. The second kappa shape index (κ2) is 26.7. The molecule has 0 radical (unpaired) electrons. The summed E-state index contributed by atoms with van der Waals surface area (Å²) in [6, 6.07) is 0. The van der Waals surface area contributed by atoms with Crippen molar-refractivity contribution in [2.45, 2.75) is 294 Å². The lowest BCUT2D eigenvalue weighted by molar-refractivity contribution is 0.143. The van der Waals surface area contributed by atoms with Crippen LogP contribution in [0.3, 0.4) is 0 Å². The van der Waals surface area contributed by atoms with Crippen molar-refractivity contribution in [3.8, 4) is 0 Å². The summed E-state index contributed by atoms with van der Waals surface area (Å²) in [4.78, 5) is 0. The molecule has 0 aromatic heterocycles. The highest BCUT2D eigenvalue weighted by molar-refractivity contribution is 4.85. The lowest BCUT2D eigenvalue weighted by atomic mass is 9.68. The van der Waals surface area contributed by atoms with Gasteiger partial charge in [0.25, 0.3) is 0 Å². The Kier molecular flexibility index (Phi) is 7.90. The Morgan fingerprint density at radius 1 is 0.431 bits per heavy atom. The molecule has 0 saturated heterocycles. The third-order valence-electron chi connectivity index (χ3n) is 10.5. The normalized spacial score (nSPS) is 48.1. The third kappa shape index (κ3) is 17.1. The molecule has 0 heterocycles. The first kappa shape index (κ1) is 15.1. The van der Waals surface area contributed by atoms with Crippen LogP contribution in [0.25, 0.3) is 0 Å². The predicted octanol–water partition coefficient (Wildman–Crippen LogP) is 19.3. The van der Waals surface area contributed by atoms with Crippen LogP contribution in [0.1, 0.15) is 351 Å². The van der Waals surface area contributed by atoms with E-state index >= 15 is 0 Å². The molecule has 0 unspecified atom stereocenters. The summed E-state index contributed by atoms with van der Waals surface area (Å²) in [6.45, 7) is 11.9. The molecule has 0 nitrogen and oxygen atoms in total. The molecule has 0 aliphatic heterocycles. The van der Waals surface area contributed by atoms with Crippen LogP contribution in [0.5, 0.6) is 0 Å². The second-order valence-corrected chi connectivity index (χ2v) is 13.4. The van der Waals surface area contributed by atoms with Crippen molar-refractivity contribution in [3.63, 3.8) is 0 Å². The van der Waals surface area contributed by atoms with E-state index in [1.54, 1.807) is 0 Å². The Labute approximate surface area is 385 Å². The molecule has 0 heteroatoms. The van der Waals surface area contributed by atoms with E-state index < -0.39 is 160 Å². The molecule has 0 atom stereocenters. The summed E-state index contributed by atoms with van der Waals surface area (Å²) >= 11 is 0. The zero-order valence-corrected chi connectivity index (χ0v) is 33.9. The lowest BCUT2D eigenvalue weighted by Crippen LogP contribution is -2.25. The predicted molar refractivity (Wildman–Crippen MR) is 237 cm³/mol. The van der Waals surface area contributed by atoms with Gasteiger partial charge in [0, 0.05) is 57.6 Å². The summed E-state index contributed by atoms with van der Waals surface area (Å²) in [7, 11) is 0. The smallest absolute Gasteiger partial charge is 0.0300 e. The van der Waals surface area contributed by atoms with Crippen LogP contribution in [-0.4, -0.2) is 0 Å². The summed E-state index contributed by atoms with van der Waals surface area (Å²) in [5.41, 5.74) is -9.74. The van der Waals surface area contributed by atoms with Crippen molar-refractivity contribution in [1.82, 2.24) is 0 Å². The zero-order valence-electron chi connectivity index (χ0n) is 74.9. The molecule has 51 heavy (non-hydrogen) atoms. The topological polar surface area (TPSA) is 0 Å². The molecule has 5 fully saturated rings. The SMILES string of the molecule is [2HH].[2H]C([2H])(C)C([2H])([2H])C1(C([2H])([2H])C)CCCC1.[2H]C([2H])(C)C([2H])([2H])C1(C([2H])([2H])C)CCCCC1.[2H]C([2H])(C)C1(C([2H])([2H])C)C([2H])([2H])C([2H])([2H])C([2H])(C)C([2H])([2H])C1([2H])[2H].[2H]C([2H])(C)C1(C([2H])([2H])C)C([2H])([2H])C([2H])([2H])C([2H])([2H])C1([2H])[2H].[2H]C([2H])(C)C1(C([2H])([2H])C)CCCCC1. The minimum atomic E-state index is -3.54. The second-order valence-electron chi connectivity index (χ2n) is 13.4. The monoisotopic (exact) mass is 759 g/mol. The highest BCUT2D eigenvalue weighted by Gasteiger charge is 2.32. The van der Waals surface area contributed by atoms with E-state index in [0.717, 1.165) is 65.2 Å². The maximum atomic E-state index is 8.22. The van der Waals surface area contributed by atoms with E-state index in [1.807, 2.05) is 0 Å². The molecule has 0 aromatic carbocycles. The van der Waals surface area contributed by atoms with Gasteiger partial charge in [-0.25, -0.2) is 0 Å². The fourth-order valence-corrected chi connectivity index (χ4v) is 6.74. The van der Waals surface area contributed by atoms with Crippen molar-refractivity contribution >= 4 is 0 Å². The van der Waals surface area contributed by atoms with E-state index in [4.69, 9.17) is 56.2 Å². The molecule has 0 spiro atoms. The van der Waals surface area contributed by atoms with Crippen LogP contribution >= 0.6 is 0 Å². The summed E-state index contributed by atoms with van der Waals surface area (Å²) < 4.78 is 325. The minimum absolute atomic E-state index is 0. The highest BCUT2D eigenvalue weighted by atomic mass is 14.4. The molecule has 0 aromatic rings. The molecular formula is C51H104.